The predicted molar refractivity (Wildman–Crippen MR) is 118 cm³/mol. The van der Waals surface area contributed by atoms with E-state index in [0.29, 0.717) is 50.7 Å². The first-order chi connectivity index (χ1) is 13.6. The number of hydrogen-bond donors (Lipinski definition) is 1. The van der Waals surface area contributed by atoms with Crippen molar-refractivity contribution in [3.05, 3.63) is 62.1 Å². The van der Waals surface area contributed by atoms with Crippen molar-refractivity contribution in [2.75, 3.05) is 18.4 Å². The van der Waals surface area contributed by atoms with Crippen molar-refractivity contribution < 1.29 is 13.2 Å². The summed E-state index contributed by atoms with van der Waals surface area (Å²) < 4.78 is 27.1. The van der Waals surface area contributed by atoms with Crippen LogP contribution in [0.2, 0.25) is 20.1 Å². The fourth-order valence-corrected chi connectivity index (χ4v) is 5.66. The summed E-state index contributed by atoms with van der Waals surface area (Å²) >= 11 is 23.8. The fourth-order valence-electron chi connectivity index (χ4n) is 3.21. The van der Waals surface area contributed by atoms with Gasteiger partial charge in [0.2, 0.25) is 15.9 Å². The number of benzene rings is 2. The number of anilines is 1. The third kappa shape index (κ3) is 6.00. The highest BCUT2D eigenvalue weighted by molar-refractivity contribution is 7.88. The minimum Gasteiger partial charge on any atom is -0.326 e. The van der Waals surface area contributed by atoms with Gasteiger partial charge in [-0.05, 0) is 48.7 Å². The average Bonchev–Trinajstić information content (AvgIpc) is 2.64. The van der Waals surface area contributed by atoms with Crippen LogP contribution in [0, 0.1) is 5.92 Å². The molecular weight excluding hydrogens is 478 g/mol. The molecule has 29 heavy (non-hydrogen) atoms. The maximum atomic E-state index is 12.9. The SMILES string of the molecule is O=C(Nc1cc(Cl)cc(Cl)c1)C1CCCN(S(=O)(=O)Cc2ccc(Cl)c(Cl)c2)C1. The molecule has 1 aliphatic rings. The van der Waals surface area contributed by atoms with Gasteiger partial charge in [0, 0.05) is 28.8 Å². The van der Waals surface area contributed by atoms with Crippen LogP contribution in [0.15, 0.2) is 36.4 Å². The highest BCUT2D eigenvalue weighted by atomic mass is 35.5. The van der Waals surface area contributed by atoms with E-state index in [2.05, 4.69) is 5.32 Å². The van der Waals surface area contributed by atoms with E-state index in [9.17, 15) is 13.2 Å². The molecule has 0 aromatic heterocycles. The van der Waals surface area contributed by atoms with Crippen LogP contribution >= 0.6 is 46.4 Å². The third-order valence-corrected chi connectivity index (χ3v) is 7.60. The van der Waals surface area contributed by atoms with E-state index < -0.39 is 15.9 Å². The highest BCUT2D eigenvalue weighted by Gasteiger charge is 2.32. The second kappa shape index (κ2) is 9.41. The zero-order valence-electron chi connectivity index (χ0n) is 15.2. The van der Waals surface area contributed by atoms with E-state index >= 15 is 0 Å². The Morgan fingerprint density at radius 3 is 2.38 bits per heavy atom. The van der Waals surface area contributed by atoms with Crippen LogP contribution in [0.25, 0.3) is 0 Å². The van der Waals surface area contributed by atoms with Gasteiger partial charge in [-0.25, -0.2) is 12.7 Å². The molecule has 0 radical (unpaired) electrons. The van der Waals surface area contributed by atoms with Crippen molar-refractivity contribution in [3.63, 3.8) is 0 Å². The van der Waals surface area contributed by atoms with Crippen LogP contribution in [-0.4, -0.2) is 31.7 Å². The van der Waals surface area contributed by atoms with Gasteiger partial charge in [0.05, 0.1) is 21.7 Å². The fraction of sp³-hybridized carbons (Fsp3) is 0.316. The molecule has 2 aromatic carbocycles. The van der Waals surface area contributed by atoms with Gasteiger partial charge in [0.15, 0.2) is 0 Å². The molecule has 1 saturated heterocycles. The summed E-state index contributed by atoms with van der Waals surface area (Å²) in [4.78, 5) is 12.7. The number of carbonyl (C=O) groups is 1. The lowest BCUT2D eigenvalue weighted by molar-refractivity contribution is -0.120. The number of nitrogens with zero attached hydrogens (tertiary/aromatic N) is 1. The quantitative estimate of drug-likeness (QED) is 0.597. The molecule has 2 aromatic rings. The zero-order valence-corrected chi connectivity index (χ0v) is 19.0. The Kier molecular flexibility index (Phi) is 7.36. The number of amides is 1. The molecule has 1 atom stereocenters. The number of halogens is 4. The maximum absolute atomic E-state index is 12.9. The average molecular weight is 496 g/mol. The molecule has 3 rings (SSSR count). The minimum absolute atomic E-state index is 0.115. The van der Waals surface area contributed by atoms with Crippen LogP contribution < -0.4 is 5.32 Å². The van der Waals surface area contributed by atoms with Crippen LogP contribution in [0.3, 0.4) is 0 Å². The van der Waals surface area contributed by atoms with E-state index in [0.717, 1.165) is 0 Å². The van der Waals surface area contributed by atoms with Crippen molar-refractivity contribution in [3.8, 4) is 0 Å². The van der Waals surface area contributed by atoms with E-state index in [1.165, 1.54) is 4.31 Å². The normalized spacial score (nSPS) is 17.9. The van der Waals surface area contributed by atoms with Crippen LogP contribution in [0.1, 0.15) is 18.4 Å². The number of piperidine rings is 1. The van der Waals surface area contributed by atoms with Gasteiger partial charge in [0.25, 0.3) is 0 Å². The Morgan fingerprint density at radius 2 is 1.72 bits per heavy atom. The molecule has 10 heteroatoms. The third-order valence-electron chi connectivity index (χ3n) is 4.61. The number of rotatable bonds is 5. The van der Waals surface area contributed by atoms with Crippen molar-refractivity contribution in [1.82, 2.24) is 4.31 Å². The first kappa shape index (κ1) is 22.7. The van der Waals surface area contributed by atoms with Gasteiger partial charge in [-0.2, -0.15) is 0 Å². The van der Waals surface area contributed by atoms with Gasteiger partial charge in [0.1, 0.15) is 0 Å². The second-order valence-corrected chi connectivity index (χ2v) is 10.5. The molecule has 156 valence electrons. The summed E-state index contributed by atoms with van der Waals surface area (Å²) in [6.07, 6.45) is 1.19. The van der Waals surface area contributed by atoms with Crippen molar-refractivity contribution in [2.45, 2.75) is 18.6 Å². The Labute approximate surface area is 189 Å². The Hall–Kier alpha value is -1.02. The lowest BCUT2D eigenvalue weighted by Crippen LogP contribution is -2.44. The zero-order chi connectivity index (χ0) is 21.2. The van der Waals surface area contributed by atoms with E-state index in [1.54, 1.807) is 36.4 Å². The van der Waals surface area contributed by atoms with Gasteiger partial charge < -0.3 is 5.32 Å². The smallest absolute Gasteiger partial charge is 0.228 e. The van der Waals surface area contributed by atoms with Gasteiger partial charge >= 0.3 is 0 Å². The molecule has 1 heterocycles. The minimum atomic E-state index is -3.61. The van der Waals surface area contributed by atoms with Crippen molar-refractivity contribution in [1.29, 1.82) is 0 Å². The molecule has 0 saturated carbocycles. The number of carbonyl (C=O) groups excluding carboxylic acids is 1. The van der Waals surface area contributed by atoms with E-state index in [-0.39, 0.29) is 18.2 Å². The topological polar surface area (TPSA) is 66.5 Å². The summed E-state index contributed by atoms with van der Waals surface area (Å²) in [6.45, 7) is 0.486. The standard InChI is InChI=1S/C19H18Cl4N2O3S/c20-14-7-15(21)9-16(8-14)24-19(26)13-2-1-5-25(10-13)29(27,28)11-12-3-4-17(22)18(23)6-12/h3-4,6-9,13H,1-2,5,10-11H2,(H,24,26). The summed E-state index contributed by atoms with van der Waals surface area (Å²) in [5.41, 5.74) is 1.02. The van der Waals surface area contributed by atoms with Gasteiger partial charge in [-0.1, -0.05) is 52.5 Å². The van der Waals surface area contributed by atoms with E-state index in [1.807, 2.05) is 0 Å². The van der Waals surface area contributed by atoms with E-state index in [4.69, 9.17) is 46.4 Å². The Bertz CT molecular complexity index is 1010. The second-order valence-electron chi connectivity index (χ2n) is 6.85. The predicted octanol–water partition coefficient (Wildman–Crippen LogP) is 5.48. The Balaban J connectivity index is 1.68. The molecule has 1 aliphatic heterocycles. The molecular formula is C19H18Cl4N2O3S. The van der Waals surface area contributed by atoms with Crippen molar-refractivity contribution in [2.24, 2.45) is 5.92 Å². The molecule has 0 bridgehead atoms. The lowest BCUT2D eigenvalue weighted by Gasteiger charge is -2.31. The Morgan fingerprint density at radius 1 is 1.03 bits per heavy atom. The molecule has 0 spiro atoms. The van der Waals surface area contributed by atoms with Crippen LogP contribution in [-0.2, 0) is 20.6 Å². The van der Waals surface area contributed by atoms with Crippen LogP contribution in [0.5, 0.6) is 0 Å². The largest absolute Gasteiger partial charge is 0.326 e. The molecule has 1 N–H and O–H groups in total. The highest BCUT2D eigenvalue weighted by Crippen LogP contribution is 2.27. The molecule has 1 fully saturated rings. The first-order valence-corrected chi connectivity index (χ1v) is 11.9. The number of hydrogen-bond acceptors (Lipinski definition) is 3. The summed E-state index contributed by atoms with van der Waals surface area (Å²) in [5, 5.41) is 4.24. The number of sulfonamides is 1. The van der Waals surface area contributed by atoms with Gasteiger partial charge in [-0.15, -0.1) is 0 Å². The summed E-state index contributed by atoms with van der Waals surface area (Å²) in [5.74, 6) is -0.940. The summed E-state index contributed by atoms with van der Waals surface area (Å²) in [7, 11) is -3.61. The monoisotopic (exact) mass is 494 g/mol. The van der Waals surface area contributed by atoms with Gasteiger partial charge in [-0.3, -0.25) is 4.79 Å². The number of nitrogens with one attached hydrogen (secondary N) is 1. The maximum Gasteiger partial charge on any atom is 0.228 e. The first-order valence-electron chi connectivity index (χ1n) is 8.83. The lowest BCUT2D eigenvalue weighted by atomic mass is 9.99. The molecule has 0 aliphatic carbocycles. The molecule has 1 unspecified atom stereocenters. The van der Waals surface area contributed by atoms with Crippen LogP contribution in [0.4, 0.5) is 5.69 Å². The van der Waals surface area contributed by atoms with Crippen molar-refractivity contribution >= 4 is 68.0 Å². The molecule has 1 amide bonds. The molecule has 5 nitrogen and oxygen atoms in total. The summed E-state index contributed by atoms with van der Waals surface area (Å²) in [6, 6.07) is 9.48.